The van der Waals surface area contributed by atoms with Crippen LogP contribution in [0.4, 0.5) is 5.69 Å². The van der Waals surface area contributed by atoms with Crippen LogP contribution in [0, 0.1) is 0 Å². The molecule has 6 heteroatoms. The van der Waals surface area contributed by atoms with Crippen LogP contribution in [0.5, 0.6) is 0 Å². The van der Waals surface area contributed by atoms with Gasteiger partial charge in [-0.05, 0) is 31.4 Å². The Balaban J connectivity index is 1.75. The van der Waals surface area contributed by atoms with Crippen molar-refractivity contribution in [2.75, 3.05) is 30.0 Å². The Hall–Kier alpha value is -1.56. The van der Waals surface area contributed by atoms with E-state index >= 15 is 0 Å². The largest absolute Gasteiger partial charge is 0.365 e. The van der Waals surface area contributed by atoms with Crippen LogP contribution in [-0.2, 0) is 14.6 Å². The highest BCUT2D eigenvalue weighted by Gasteiger charge is 2.38. The summed E-state index contributed by atoms with van der Waals surface area (Å²) in [6, 6.07) is 9.89. The maximum atomic E-state index is 13.1. The van der Waals surface area contributed by atoms with Crippen molar-refractivity contribution < 1.29 is 13.2 Å². The minimum Gasteiger partial charge on any atom is -0.365 e. The van der Waals surface area contributed by atoms with Gasteiger partial charge in [0.1, 0.15) is 0 Å². The molecule has 1 aromatic rings. The molecule has 0 radical (unpaired) electrons. The molecule has 1 aliphatic heterocycles. The number of benzene rings is 1. The molecule has 1 aliphatic carbocycles. The van der Waals surface area contributed by atoms with Crippen LogP contribution in [0.1, 0.15) is 38.5 Å². The lowest BCUT2D eigenvalue weighted by molar-refractivity contribution is -0.135. The molecule has 0 N–H and O–H groups in total. The molecule has 1 saturated carbocycles. The minimum absolute atomic E-state index is 0.0559. The van der Waals surface area contributed by atoms with E-state index in [1.54, 1.807) is 0 Å². The predicted molar refractivity (Wildman–Crippen MR) is 100 cm³/mol. The van der Waals surface area contributed by atoms with Gasteiger partial charge in [-0.3, -0.25) is 4.79 Å². The van der Waals surface area contributed by atoms with Gasteiger partial charge in [0.05, 0.1) is 18.1 Å². The number of amides is 1. The van der Waals surface area contributed by atoms with Gasteiger partial charge in [0, 0.05) is 24.8 Å². The van der Waals surface area contributed by atoms with E-state index < -0.39 is 9.84 Å². The lowest BCUT2D eigenvalue weighted by Gasteiger charge is -2.39. The highest BCUT2D eigenvalue weighted by atomic mass is 32.2. The average Bonchev–Trinajstić information content (AvgIpc) is 2.96. The van der Waals surface area contributed by atoms with E-state index in [1.165, 1.54) is 6.42 Å². The Morgan fingerprint density at radius 1 is 1.04 bits per heavy atom. The molecule has 5 nitrogen and oxygen atoms in total. The standard InChI is InChI=1S/C19H28N2O3S/c1-20(16-8-4-2-5-9-16)14-19(22)21(17-10-6-3-7-11-17)18-12-13-25(23,24)15-18/h2,4-5,8-9,17-18H,3,6-7,10-15H2,1H3. The summed E-state index contributed by atoms with van der Waals surface area (Å²) in [7, 11) is -1.09. The Morgan fingerprint density at radius 2 is 1.72 bits per heavy atom. The maximum absolute atomic E-state index is 13.1. The van der Waals surface area contributed by atoms with Crippen molar-refractivity contribution in [1.29, 1.82) is 0 Å². The second kappa shape index (κ2) is 7.77. The third kappa shape index (κ3) is 4.54. The highest BCUT2D eigenvalue weighted by Crippen LogP contribution is 2.28. The molecule has 2 fully saturated rings. The van der Waals surface area contributed by atoms with Gasteiger partial charge in [0.2, 0.25) is 5.91 Å². The van der Waals surface area contributed by atoms with Gasteiger partial charge < -0.3 is 9.80 Å². The van der Waals surface area contributed by atoms with Crippen LogP contribution in [-0.4, -0.2) is 56.4 Å². The van der Waals surface area contributed by atoms with Gasteiger partial charge in [-0.2, -0.15) is 0 Å². The number of para-hydroxylation sites is 1. The SMILES string of the molecule is CN(CC(=O)N(C1CCCCC1)C1CCS(=O)(=O)C1)c1ccccc1. The van der Waals surface area contributed by atoms with Crippen molar-refractivity contribution in [2.24, 2.45) is 0 Å². The van der Waals surface area contributed by atoms with Crippen LogP contribution < -0.4 is 4.90 Å². The molecule has 1 unspecified atom stereocenters. The summed E-state index contributed by atoms with van der Waals surface area (Å²) in [5.41, 5.74) is 0.999. The Morgan fingerprint density at radius 3 is 2.32 bits per heavy atom. The molecule has 1 saturated heterocycles. The van der Waals surface area contributed by atoms with E-state index in [0.29, 0.717) is 6.42 Å². The first-order chi connectivity index (χ1) is 12.0. The van der Waals surface area contributed by atoms with Gasteiger partial charge in [0.25, 0.3) is 0 Å². The number of carbonyl (C=O) groups is 1. The molecule has 1 aromatic carbocycles. The fourth-order valence-electron chi connectivity index (χ4n) is 4.12. The van der Waals surface area contributed by atoms with E-state index in [2.05, 4.69) is 0 Å². The molecule has 0 aromatic heterocycles. The van der Waals surface area contributed by atoms with Crippen molar-refractivity contribution in [3.63, 3.8) is 0 Å². The summed E-state index contributed by atoms with van der Waals surface area (Å²) < 4.78 is 23.9. The molecule has 25 heavy (non-hydrogen) atoms. The fraction of sp³-hybridized carbons (Fsp3) is 0.632. The maximum Gasteiger partial charge on any atom is 0.242 e. The van der Waals surface area contributed by atoms with Crippen LogP contribution in [0.3, 0.4) is 0 Å². The average molecular weight is 365 g/mol. The third-order valence-electron chi connectivity index (χ3n) is 5.43. The van der Waals surface area contributed by atoms with Crippen LogP contribution in [0.25, 0.3) is 0 Å². The normalized spacial score (nSPS) is 23.3. The third-order valence-corrected chi connectivity index (χ3v) is 7.18. The molecular formula is C19H28N2O3S. The molecule has 0 bridgehead atoms. The number of likely N-dealkylation sites (N-methyl/N-ethyl adjacent to an activating group) is 1. The van der Waals surface area contributed by atoms with E-state index in [1.807, 2.05) is 47.2 Å². The molecule has 3 rings (SSSR count). The van der Waals surface area contributed by atoms with Crippen LogP contribution in [0.15, 0.2) is 30.3 Å². The Labute approximate surface area is 150 Å². The molecular weight excluding hydrogens is 336 g/mol. The Kier molecular flexibility index (Phi) is 5.67. The quantitative estimate of drug-likeness (QED) is 0.805. The number of hydrogen-bond donors (Lipinski definition) is 0. The molecule has 1 atom stereocenters. The second-order valence-electron chi connectivity index (χ2n) is 7.34. The second-order valence-corrected chi connectivity index (χ2v) is 9.57. The van der Waals surface area contributed by atoms with Crippen LogP contribution >= 0.6 is 0 Å². The number of sulfone groups is 1. The van der Waals surface area contributed by atoms with Gasteiger partial charge in [-0.1, -0.05) is 37.5 Å². The summed E-state index contributed by atoms with van der Waals surface area (Å²) in [5.74, 6) is 0.396. The predicted octanol–water partition coefficient (Wildman–Crippen LogP) is 2.47. The first kappa shape index (κ1) is 18.2. The number of hydrogen-bond acceptors (Lipinski definition) is 4. The zero-order valence-corrected chi connectivity index (χ0v) is 15.7. The zero-order chi connectivity index (χ0) is 17.9. The monoisotopic (exact) mass is 364 g/mol. The van der Waals surface area contributed by atoms with E-state index in [-0.39, 0.29) is 36.0 Å². The molecule has 138 valence electrons. The Bertz CT molecular complexity index is 684. The smallest absolute Gasteiger partial charge is 0.242 e. The highest BCUT2D eigenvalue weighted by molar-refractivity contribution is 7.91. The van der Waals surface area contributed by atoms with Crippen molar-refractivity contribution in [2.45, 2.75) is 50.6 Å². The van der Waals surface area contributed by atoms with Crippen molar-refractivity contribution in [3.8, 4) is 0 Å². The van der Waals surface area contributed by atoms with Crippen molar-refractivity contribution >= 4 is 21.4 Å². The summed E-state index contributed by atoms with van der Waals surface area (Å²) in [6.07, 6.45) is 6.05. The van der Waals surface area contributed by atoms with Gasteiger partial charge in [0.15, 0.2) is 9.84 Å². The number of carbonyl (C=O) groups excluding carboxylic acids is 1. The first-order valence-electron chi connectivity index (χ1n) is 9.24. The topological polar surface area (TPSA) is 57.7 Å². The lowest BCUT2D eigenvalue weighted by Crippen LogP contribution is -2.51. The van der Waals surface area contributed by atoms with Crippen molar-refractivity contribution in [1.82, 2.24) is 4.90 Å². The van der Waals surface area contributed by atoms with E-state index in [9.17, 15) is 13.2 Å². The summed E-state index contributed by atoms with van der Waals surface area (Å²) in [5, 5.41) is 0. The van der Waals surface area contributed by atoms with Crippen LogP contribution in [0.2, 0.25) is 0 Å². The minimum atomic E-state index is -3.00. The number of anilines is 1. The summed E-state index contributed by atoms with van der Waals surface area (Å²) in [6.45, 7) is 0.289. The zero-order valence-electron chi connectivity index (χ0n) is 14.9. The van der Waals surface area contributed by atoms with Gasteiger partial charge in [-0.25, -0.2) is 8.42 Å². The lowest BCUT2D eigenvalue weighted by atomic mass is 9.92. The molecule has 0 spiro atoms. The van der Waals surface area contributed by atoms with Gasteiger partial charge in [-0.15, -0.1) is 0 Å². The first-order valence-corrected chi connectivity index (χ1v) is 11.1. The molecule has 1 amide bonds. The number of nitrogens with zero attached hydrogens (tertiary/aromatic N) is 2. The fourth-order valence-corrected chi connectivity index (χ4v) is 5.83. The summed E-state index contributed by atoms with van der Waals surface area (Å²) in [4.78, 5) is 17.0. The molecule has 2 aliphatic rings. The number of rotatable bonds is 5. The molecule has 1 heterocycles. The van der Waals surface area contributed by atoms with E-state index in [4.69, 9.17) is 0 Å². The summed E-state index contributed by atoms with van der Waals surface area (Å²) >= 11 is 0. The van der Waals surface area contributed by atoms with E-state index in [0.717, 1.165) is 31.4 Å². The van der Waals surface area contributed by atoms with Gasteiger partial charge >= 0.3 is 0 Å². The van der Waals surface area contributed by atoms with Crippen molar-refractivity contribution in [3.05, 3.63) is 30.3 Å².